The summed E-state index contributed by atoms with van der Waals surface area (Å²) in [4.78, 5) is 24.6. The summed E-state index contributed by atoms with van der Waals surface area (Å²) in [5.41, 5.74) is 1.99. The van der Waals surface area contributed by atoms with Crippen molar-refractivity contribution in [3.8, 4) is 5.75 Å². The molecule has 0 unspecified atom stereocenters. The van der Waals surface area contributed by atoms with Crippen LogP contribution in [0.15, 0.2) is 30.5 Å². The van der Waals surface area contributed by atoms with Gasteiger partial charge in [-0.25, -0.2) is 0 Å². The molecule has 134 valence electrons. The third-order valence-electron chi connectivity index (χ3n) is 3.96. The average molecular weight is 345 g/mol. The van der Waals surface area contributed by atoms with E-state index in [0.29, 0.717) is 17.9 Å². The van der Waals surface area contributed by atoms with Crippen LogP contribution in [0.3, 0.4) is 0 Å². The Balaban J connectivity index is 2.25. The Bertz CT molecular complexity index is 755. The van der Waals surface area contributed by atoms with Crippen LogP contribution in [0.5, 0.6) is 5.75 Å². The van der Waals surface area contributed by atoms with Crippen LogP contribution in [-0.4, -0.2) is 35.4 Å². The molecule has 1 aromatic heterocycles. The molecule has 1 aromatic carbocycles. The fourth-order valence-electron chi connectivity index (χ4n) is 2.45. The first kappa shape index (κ1) is 18.5. The summed E-state index contributed by atoms with van der Waals surface area (Å²) < 4.78 is 11.9. The molecule has 1 heterocycles. The van der Waals surface area contributed by atoms with Gasteiger partial charge in [-0.05, 0) is 31.5 Å². The molecule has 7 heteroatoms. The minimum Gasteiger partial charge on any atom is -0.497 e. The normalized spacial score (nSPS) is 11.7. The lowest BCUT2D eigenvalue weighted by Gasteiger charge is -2.19. The standard InChI is InChI=1S/C18H23N3O4/c1-5-25-17(22)10-16(13-7-6-8-14(9-13)24-4)20-18(23)15-11-19-21(3)12(15)2/h6-9,11,16H,5,10H2,1-4H3,(H,20,23)/t16-/m0/s1. The first-order valence-corrected chi connectivity index (χ1v) is 8.05. The van der Waals surface area contributed by atoms with E-state index in [1.165, 1.54) is 6.20 Å². The zero-order valence-electron chi connectivity index (χ0n) is 14.9. The van der Waals surface area contributed by atoms with E-state index in [9.17, 15) is 9.59 Å². The zero-order chi connectivity index (χ0) is 18.4. The highest BCUT2D eigenvalue weighted by molar-refractivity contribution is 5.95. The molecule has 0 spiro atoms. The summed E-state index contributed by atoms with van der Waals surface area (Å²) >= 11 is 0. The maximum Gasteiger partial charge on any atom is 0.308 e. The summed E-state index contributed by atoms with van der Waals surface area (Å²) in [6.45, 7) is 3.85. The van der Waals surface area contributed by atoms with Gasteiger partial charge >= 0.3 is 5.97 Å². The van der Waals surface area contributed by atoms with Gasteiger partial charge in [-0.15, -0.1) is 0 Å². The van der Waals surface area contributed by atoms with Crippen LogP contribution >= 0.6 is 0 Å². The van der Waals surface area contributed by atoms with Gasteiger partial charge in [0, 0.05) is 12.7 Å². The minimum absolute atomic E-state index is 0.0338. The number of ether oxygens (including phenoxy) is 2. The highest BCUT2D eigenvalue weighted by Gasteiger charge is 2.22. The Hall–Kier alpha value is -2.83. The molecule has 0 radical (unpaired) electrons. The highest BCUT2D eigenvalue weighted by Crippen LogP contribution is 2.23. The topological polar surface area (TPSA) is 82.5 Å². The number of nitrogens with one attached hydrogen (secondary N) is 1. The van der Waals surface area contributed by atoms with Crippen molar-refractivity contribution in [3.05, 3.63) is 47.3 Å². The second-order valence-electron chi connectivity index (χ2n) is 5.58. The number of amides is 1. The number of benzene rings is 1. The second-order valence-corrected chi connectivity index (χ2v) is 5.58. The summed E-state index contributed by atoms with van der Waals surface area (Å²) in [6.07, 6.45) is 1.55. The fourth-order valence-corrected chi connectivity index (χ4v) is 2.45. The van der Waals surface area contributed by atoms with E-state index >= 15 is 0 Å². The SMILES string of the molecule is CCOC(=O)C[C@H](NC(=O)c1cnn(C)c1C)c1cccc(OC)c1. The second kappa shape index (κ2) is 8.32. The number of hydrogen-bond donors (Lipinski definition) is 1. The zero-order valence-corrected chi connectivity index (χ0v) is 14.9. The number of methoxy groups -OCH3 is 1. The third kappa shape index (κ3) is 4.59. The molecule has 25 heavy (non-hydrogen) atoms. The highest BCUT2D eigenvalue weighted by atomic mass is 16.5. The van der Waals surface area contributed by atoms with Crippen LogP contribution in [-0.2, 0) is 16.6 Å². The fraction of sp³-hybridized carbons (Fsp3) is 0.389. The van der Waals surface area contributed by atoms with Crippen molar-refractivity contribution in [2.45, 2.75) is 26.3 Å². The summed E-state index contributed by atoms with van der Waals surface area (Å²) in [6, 6.07) is 6.72. The van der Waals surface area contributed by atoms with Gasteiger partial charge in [0.05, 0.1) is 37.9 Å². The first-order valence-electron chi connectivity index (χ1n) is 8.05. The van der Waals surface area contributed by atoms with Crippen molar-refractivity contribution in [2.75, 3.05) is 13.7 Å². The number of esters is 1. The van der Waals surface area contributed by atoms with Crippen LogP contribution < -0.4 is 10.1 Å². The van der Waals surface area contributed by atoms with Gasteiger partial charge in [-0.2, -0.15) is 5.10 Å². The van der Waals surface area contributed by atoms with Crippen molar-refractivity contribution in [2.24, 2.45) is 7.05 Å². The van der Waals surface area contributed by atoms with Crippen molar-refractivity contribution >= 4 is 11.9 Å². The van der Waals surface area contributed by atoms with Crippen LogP contribution in [0.25, 0.3) is 0 Å². The molecule has 0 bridgehead atoms. The summed E-state index contributed by atoms with van der Waals surface area (Å²) in [5.74, 6) is -0.0144. The Morgan fingerprint density at radius 1 is 1.36 bits per heavy atom. The smallest absolute Gasteiger partial charge is 0.308 e. The molecule has 0 fully saturated rings. The lowest BCUT2D eigenvalue weighted by molar-refractivity contribution is -0.143. The number of carbonyl (C=O) groups excluding carboxylic acids is 2. The largest absolute Gasteiger partial charge is 0.497 e. The van der Waals surface area contributed by atoms with Gasteiger partial charge in [-0.3, -0.25) is 14.3 Å². The lowest BCUT2D eigenvalue weighted by Crippen LogP contribution is -2.31. The van der Waals surface area contributed by atoms with Crippen molar-refractivity contribution in [1.82, 2.24) is 15.1 Å². The van der Waals surface area contributed by atoms with Gasteiger partial charge in [-0.1, -0.05) is 12.1 Å². The Labute approximate surface area is 146 Å². The Morgan fingerprint density at radius 3 is 2.72 bits per heavy atom. The summed E-state index contributed by atoms with van der Waals surface area (Å²) in [7, 11) is 3.33. The van der Waals surface area contributed by atoms with Crippen LogP contribution in [0.4, 0.5) is 0 Å². The summed E-state index contributed by atoms with van der Waals surface area (Å²) in [5, 5.41) is 6.97. The van der Waals surface area contributed by atoms with E-state index in [1.54, 1.807) is 37.9 Å². The van der Waals surface area contributed by atoms with Crippen molar-refractivity contribution in [1.29, 1.82) is 0 Å². The number of rotatable bonds is 7. The monoisotopic (exact) mass is 345 g/mol. The van der Waals surface area contributed by atoms with E-state index < -0.39 is 6.04 Å². The number of carbonyl (C=O) groups is 2. The molecule has 1 amide bonds. The van der Waals surface area contributed by atoms with E-state index in [2.05, 4.69) is 10.4 Å². The molecular formula is C18H23N3O4. The van der Waals surface area contributed by atoms with Gasteiger partial charge in [0.1, 0.15) is 5.75 Å². The molecule has 0 aliphatic rings. The maximum absolute atomic E-state index is 12.6. The predicted molar refractivity (Wildman–Crippen MR) is 92.4 cm³/mol. The predicted octanol–water partition coefficient (Wildman–Crippen LogP) is 2.16. The molecule has 1 N–H and O–H groups in total. The van der Waals surface area contributed by atoms with E-state index in [4.69, 9.17) is 9.47 Å². The molecule has 0 saturated carbocycles. The molecule has 2 rings (SSSR count). The Morgan fingerprint density at radius 2 is 2.12 bits per heavy atom. The van der Waals surface area contributed by atoms with Crippen molar-refractivity contribution in [3.63, 3.8) is 0 Å². The molecule has 0 aliphatic heterocycles. The molecule has 1 atom stereocenters. The quantitative estimate of drug-likeness (QED) is 0.778. The lowest BCUT2D eigenvalue weighted by atomic mass is 10.0. The number of nitrogens with zero attached hydrogens (tertiary/aromatic N) is 2. The molecule has 0 saturated heterocycles. The number of aromatic nitrogens is 2. The van der Waals surface area contributed by atoms with E-state index in [0.717, 1.165) is 11.3 Å². The van der Waals surface area contributed by atoms with Crippen molar-refractivity contribution < 1.29 is 19.1 Å². The molecule has 0 aliphatic carbocycles. The van der Waals surface area contributed by atoms with Gasteiger partial charge < -0.3 is 14.8 Å². The average Bonchev–Trinajstić information content (AvgIpc) is 2.94. The maximum atomic E-state index is 12.6. The minimum atomic E-state index is -0.527. The van der Waals surface area contributed by atoms with Crippen LogP contribution in [0.2, 0.25) is 0 Å². The number of hydrogen-bond acceptors (Lipinski definition) is 5. The third-order valence-corrected chi connectivity index (χ3v) is 3.96. The van der Waals surface area contributed by atoms with Gasteiger partial charge in [0.2, 0.25) is 0 Å². The van der Waals surface area contributed by atoms with Gasteiger partial charge in [0.25, 0.3) is 5.91 Å². The molecule has 2 aromatic rings. The number of aryl methyl sites for hydroxylation is 1. The van der Waals surface area contributed by atoms with E-state index in [1.807, 2.05) is 19.1 Å². The van der Waals surface area contributed by atoms with Crippen LogP contribution in [0.1, 0.15) is 41.0 Å². The molecular weight excluding hydrogens is 322 g/mol. The van der Waals surface area contributed by atoms with E-state index in [-0.39, 0.29) is 18.3 Å². The molecule has 7 nitrogen and oxygen atoms in total. The van der Waals surface area contributed by atoms with Gasteiger partial charge in [0.15, 0.2) is 0 Å². The first-order chi connectivity index (χ1) is 12.0. The van der Waals surface area contributed by atoms with Crippen LogP contribution in [0, 0.1) is 6.92 Å². The Kier molecular flexibility index (Phi) is 6.16.